The van der Waals surface area contributed by atoms with Crippen LogP contribution in [0.2, 0.25) is 5.02 Å². The van der Waals surface area contributed by atoms with Crippen LogP contribution in [0.3, 0.4) is 0 Å². The van der Waals surface area contributed by atoms with E-state index in [4.69, 9.17) is 30.9 Å². The molecule has 4 aromatic rings. The van der Waals surface area contributed by atoms with Crippen molar-refractivity contribution >= 4 is 51.7 Å². The number of ether oxygens (including phenoxy) is 3. The van der Waals surface area contributed by atoms with Gasteiger partial charge < -0.3 is 31.4 Å². The van der Waals surface area contributed by atoms with Gasteiger partial charge in [-0.2, -0.15) is 0 Å². The van der Waals surface area contributed by atoms with Crippen molar-refractivity contribution in [2.45, 2.75) is 32.1 Å². The molecular formula is C32H30ClFKN3O7. The number of aliphatic carboxylic acids is 1. The molecule has 13 heteroatoms. The summed E-state index contributed by atoms with van der Waals surface area (Å²) >= 11 is 5.98. The molecule has 1 fully saturated rings. The largest absolute Gasteiger partial charge is 1.00 e. The molecule has 0 bridgehead atoms. The third kappa shape index (κ3) is 8.51. The van der Waals surface area contributed by atoms with Gasteiger partial charge in [0.25, 0.3) is 0 Å². The summed E-state index contributed by atoms with van der Waals surface area (Å²) in [5.41, 5.74) is -0.0802. The van der Waals surface area contributed by atoms with Crippen LogP contribution in [0.25, 0.3) is 10.9 Å². The maximum absolute atomic E-state index is 15.2. The molecule has 0 spiro atoms. The SMILES string of the molecule is COc1cc2c(Oc3ccc(NC(=O)C4(C(=O)Nc5cccc(Cl)c5)CC4)cc3F)ccnc2cc1OCCCCC(=O)O.[H-].[K+]. The van der Waals surface area contributed by atoms with Crippen molar-refractivity contribution in [3.8, 4) is 23.0 Å². The molecule has 1 saturated carbocycles. The molecule has 3 N–H and O–H groups in total. The number of carboxylic acid groups (broad SMARTS) is 1. The second-order valence-corrected chi connectivity index (χ2v) is 10.7. The number of nitrogens with zero attached hydrogens (tertiary/aromatic N) is 1. The van der Waals surface area contributed by atoms with Gasteiger partial charge in [0.15, 0.2) is 23.1 Å². The molecule has 230 valence electrons. The molecule has 1 aromatic heterocycles. The third-order valence-corrected chi connectivity index (χ3v) is 7.38. The standard InChI is InChI=1S/C32H29ClFN3O7.K.H/c1-42-27-17-22-24(18-28(27)43-14-3-2-7-29(38)39)35-13-10-25(22)44-26-9-8-21(16-23(26)34)37-31(41)32(11-12-32)30(40)36-20-6-4-5-19(33)15-20;;/h4-6,8-10,13,15-18H,2-3,7,11-12,14H2,1H3,(H,36,40)(H,37,41)(H,38,39);;/q;+1;-1. The van der Waals surface area contributed by atoms with Gasteiger partial charge in [-0.05, 0) is 68.1 Å². The number of aromatic nitrogens is 1. The Morgan fingerprint density at radius 3 is 2.33 bits per heavy atom. The van der Waals surface area contributed by atoms with Crippen LogP contribution in [0.15, 0.2) is 66.9 Å². The first-order valence-electron chi connectivity index (χ1n) is 13.9. The summed E-state index contributed by atoms with van der Waals surface area (Å²) in [6.45, 7) is 0.299. The number of methoxy groups -OCH3 is 1. The monoisotopic (exact) mass is 661 g/mol. The molecule has 0 saturated heterocycles. The summed E-state index contributed by atoms with van der Waals surface area (Å²) in [5, 5.41) is 15.2. The first-order valence-corrected chi connectivity index (χ1v) is 14.2. The van der Waals surface area contributed by atoms with Crippen LogP contribution >= 0.6 is 11.6 Å². The summed E-state index contributed by atoms with van der Waals surface area (Å²) in [5.74, 6) is -1.51. The van der Waals surface area contributed by atoms with Crippen molar-refractivity contribution in [2.24, 2.45) is 5.41 Å². The Morgan fingerprint density at radius 2 is 1.69 bits per heavy atom. The van der Waals surface area contributed by atoms with Crippen LogP contribution in [-0.2, 0) is 14.4 Å². The molecule has 0 atom stereocenters. The smallest absolute Gasteiger partial charge is 1.00 e. The summed E-state index contributed by atoms with van der Waals surface area (Å²) < 4.78 is 32.3. The summed E-state index contributed by atoms with van der Waals surface area (Å²) in [6, 6.07) is 15.5. The predicted molar refractivity (Wildman–Crippen MR) is 163 cm³/mol. The Morgan fingerprint density at radius 1 is 0.956 bits per heavy atom. The van der Waals surface area contributed by atoms with E-state index in [-0.39, 0.29) is 70.7 Å². The van der Waals surface area contributed by atoms with Crippen LogP contribution < -0.4 is 76.2 Å². The van der Waals surface area contributed by atoms with E-state index in [9.17, 15) is 14.4 Å². The normalized spacial score (nSPS) is 12.9. The molecule has 1 aliphatic rings. The van der Waals surface area contributed by atoms with E-state index in [1.54, 1.807) is 42.5 Å². The summed E-state index contributed by atoms with van der Waals surface area (Å²) in [6.07, 6.45) is 3.34. The Kier molecular flexibility index (Phi) is 11.8. The zero-order valence-electron chi connectivity index (χ0n) is 25.7. The molecule has 5 rings (SSSR count). The predicted octanol–water partition coefficient (Wildman–Crippen LogP) is 3.94. The molecule has 0 radical (unpaired) electrons. The number of carboxylic acids is 1. The van der Waals surface area contributed by atoms with Gasteiger partial charge in [-0.15, -0.1) is 0 Å². The van der Waals surface area contributed by atoms with Gasteiger partial charge >= 0.3 is 57.4 Å². The number of carbonyl (C=O) groups excluding carboxylic acids is 2. The number of anilines is 2. The van der Waals surface area contributed by atoms with Crippen molar-refractivity contribution in [1.82, 2.24) is 4.98 Å². The molecular weight excluding hydrogens is 632 g/mol. The van der Waals surface area contributed by atoms with Crippen LogP contribution in [0.4, 0.5) is 15.8 Å². The Hall–Kier alpha value is -3.26. The number of carbonyl (C=O) groups is 3. The number of hydrogen-bond donors (Lipinski definition) is 3. The van der Waals surface area contributed by atoms with Crippen LogP contribution in [0, 0.1) is 11.2 Å². The fraction of sp³-hybridized carbons (Fsp3) is 0.250. The quantitative estimate of drug-likeness (QED) is 0.111. The molecule has 1 aliphatic carbocycles. The van der Waals surface area contributed by atoms with Gasteiger partial charge in [0, 0.05) is 46.5 Å². The van der Waals surface area contributed by atoms with Crippen LogP contribution in [0.1, 0.15) is 33.5 Å². The van der Waals surface area contributed by atoms with E-state index in [0.717, 1.165) is 6.07 Å². The van der Waals surface area contributed by atoms with E-state index in [2.05, 4.69) is 15.6 Å². The zero-order chi connectivity index (χ0) is 31.3. The Labute approximate surface area is 307 Å². The molecule has 45 heavy (non-hydrogen) atoms. The number of fused-ring (bicyclic) bond motifs is 1. The topological polar surface area (TPSA) is 136 Å². The van der Waals surface area contributed by atoms with E-state index >= 15 is 4.39 Å². The number of halogens is 2. The first kappa shape index (κ1) is 34.6. The van der Waals surface area contributed by atoms with E-state index < -0.39 is 29.0 Å². The number of rotatable bonds is 13. The summed E-state index contributed by atoms with van der Waals surface area (Å²) in [4.78, 5) is 41.0. The molecule has 3 aromatic carbocycles. The molecule has 0 unspecified atom stereocenters. The minimum atomic E-state index is -1.25. The van der Waals surface area contributed by atoms with Crippen molar-refractivity contribution < 1.29 is 90.9 Å². The summed E-state index contributed by atoms with van der Waals surface area (Å²) in [7, 11) is 1.48. The fourth-order valence-electron chi connectivity index (χ4n) is 4.58. The average molecular weight is 662 g/mol. The first-order chi connectivity index (χ1) is 21.2. The second-order valence-electron chi connectivity index (χ2n) is 10.3. The van der Waals surface area contributed by atoms with Crippen molar-refractivity contribution in [2.75, 3.05) is 24.4 Å². The molecule has 2 amide bonds. The van der Waals surface area contributed by atoms with E-state index in [1.165, 1.54) is 25.4 Å². The Bertz CT molecular complexity index is 1740. The Balaban J connectivity index is 0.00000288. The molecule has 1 heterocycles. The van der Waals surface area contributed by atoms with Gasteiger partial charge in [-0.25, -0.2) is 4.39 Å². The van der Waals surface area contributed by atoms with E-state index in [0.29, 0.717) is 71.2 Å². The minimum absolute atomic E-state index is 0. The average Bonchev–Trinajstić information content (AvgIpc) is 3.80. The van der Waals surface area contributed by atoms with Gasteiger partial charge in [-0.1, -0.05) is 17.7 Å². The number of pyridine rings is 1. The number of nitrogens with one attached hydrogen (secondary N) is 2. The second kappa shape index (κ2) is 15.3. The number of unbranched alkanes of at least 4 members (excludes halogenated alkanes) is 1. The van der Waals surface area contributed by atoms with Crippen LogP contribution in [0.5, 0.6) is 23.0 Å². The van der Waals surface area contributed by atoms with Gasteiger partial charge in [-0.3, -0.25) is 19.4 Å². The van der Waals surface area contributed by atoms with Gasteiger partial charge in [0.1, 0.15) is 11.2 Å². The van der Waals surface area contributed by atoms with Crippen molar-refractivity contribution in [1.29, 1.82) is 0 Å². The van der Waals surface area contributed by atoms with Gasteiger partial charge in [0.05, 0.1) is 19.2 Å². The van der Waals surface area contributed by atoms with Crippen molar-refractivity contribution in [3.05, 3.63) is 77.7 Å². The fourth-order valence-corrected chi connectivity index (χ4v) is 4.77. The zero-order valence-corrected chi connectivity index (χ0v) is 28.6. The molecule has 10 nitrogen and oxygen atoms in total. The number of hydrogen-bond acceptors (Lipinski definition) is 7. The maximum atomic E-state index is 15.2. The number of amides is 2. The van der Waals surface area contributed by atoms with E-state index in [1.807, 2.05) is 0 Å². The molecule has 0 aliphatic heterocycles. The van der Waals surface area contributed by atoms with Gasteiger partial charge in [0.2, 0.25) is 11.8 Å². The third-order valence-electron chi connectivity index (χ3n) is 7.14. The maximum Gasteiger partial charge on any atom is 1.00 e. The van der Waals surface area contributed by atoms with Crippen LogP contribution in [-0.4, -0.2) is 41.6 Å². The minimum Gasteiger partial charge on any atom is -1.00 e. The van der Waals surface area contributed by atoms with Crippen molar-refractivity contribution in [3.63, 3.8) is 0 Å². The number of benzene rings is 3.